The van der Waals surface area contributed by atoms with Gasteiger partial charge in [0.05, 0.1) is 0 Å². The van der Waals surface area contributed by atoms with Crippen LogP contribution in [0.2, 0.25) is 0 Å². The second kappa shape index (κ2) is 3.42. The fourth-order valence-electron chi connectivity index (χ4n) is 5.86. The summed E-state index contributed by atoms with van der Waals surface area (Å²) >= 11 is 0. The molecule has 21 heavy (non-hydrogen) atoms. The van der Waals surface area contributed by atoms with Gasteiger partial charge in [-0.05, 0) is 50.8 Å². The Morgan fingerprint density at radius 2 is 1.10 bits per heavy atom. The Balaban J connectivity index is 2.57. The first-order valence-corrected chi connectivity index (χ1v) is 8.41. The van der Waals surface area contributed by atoms with E-state index in [1.165, 1.54) is 5.56 Å². The van der Waals surface area contributed by atoms with Gasteiger partial charge in [0.1, 0.15) is 0 Å². The minimum atomic E-state index is 0.212. The normalized spacial score (nSPS) is 33.0. The predicted octanol–water partition coefficient (Wildman–Crippen LogP) is 5.89. The third kappa shape index (κ3) is 1.16. The molecule has 0 spiro atoms. The zero-order chi connectivity index (χ0) is 16.2. The summed E-state index contributed by atoms with van der Waals surface area (Å²) in [5.74, 6) is 0. The summed E-state index contributed by atoms with van der Waals surface area (Å²) in [6, 6.07) is 4.78. The van der Waals surface area contributed by atoms with Crippen LogP contribution in [0.5, 0.6) is 0 Å². The Bertz CT molecular complexity index is 640. The van der Waals surface area contributed by atoms with Gasteiger partial charge < -0.3 is 0 Å². The van der Waals surface area contributed by atoms with Crippen LogP contribution in [-0.4, -0.2) is 0 Å². The van der Waals surface area contributed by atoms with Gasteiger partial charge in [0.2, 0.25) is 0 Å². The molecule has 2 aliphatic rings. The number of hydrogen-bond acceptors (Lipinski definition) is 0. The fourth-order valence-corrected chi connectivity index (χ4v) is 5.86. The lowest BCUT2D eigenvalue weighted by molar-refractivity contribution is -0.0106. The van der Waals surface area contributed by atoms with Crippen molar-refractivity contribution in [1.29, 1.82) is 0 Å². The van der Waals surface area contributed by atoms with E-state index in [1.54, 1.807) is 16.7 Å². The van der Waals surface area contributed by atoms with Crippen LogP contribution in [0.15, 0.2) is 12.1 Å². The summed E-state index contributed by atoms with van der Waals surface area (Å²) in [5, 5.41) is 0. The van der Waals surface area contributed by atoms with Gasteiger partial charge in [0.25, 0.3) is 0 Å². The van der Waals surface area contributed by atoms with Crippen molar-refractivity contribution in [2.45, 2.75) is 85.5 Å². The molecule has 0 bridgehead atoms. The highest BCUT2D eigenvalue weighted by atomic mass is 14.7. The van der Waals surface area contributed by atoms with E-state index in [-0.39, 0.29) is 27.1 Å². The van der Waals surface area contributed by atoms with E-state index >= 15 is 0 Å². The molecular weight excluding hydrogens is 252 g/mol. The maximum atomic E-state index is 2.54. The molecular formula is C21H32. The van der Waals surface area contributed by atoms with Crippen LogP contribution in [0.25, 0.3) is 0 Å². The van der Waals surface area contributed by atoms with E-state index < -0.39 is 0 Å². The van der Waals surface area contributed by atoms with Crippen LogP contribution >= 0.6 is 0 Å². The highest BCUT2D eigenvalue weighted by molar-refractivity contribution is 5.63. The van der Waals surface area contributed by atoms with Crippen LogP contribution in [-0.2, 0) is 16.2 Å². The van der Waals surface area contributed by atoms with E-state index in [0.717, 1.165) is 0 Å². The topological polar surface area (TPSA) is 0 Å². The van der Waals surface area contributed by atoms with Crippen molar-refractivity contribution in [3.8, 4) is 0 Å². The Morgan fingerprint density at radius 1 is 0.619 bits per heavy atom. The third-order valence-electron chi connectivity index (χ3n) is 8.84. The van der Waals surface area contributed by atoms with Crippen molar-refractivity contribution in [2.75, 3.05) is 0 Å². The van der Waals surface area contributed by atoms with Crippen LogP contribution < -0.4 is 0 Å². The molecule has 1 unspecified atom stereocenters. The average Bonchev–Trinajstić information content (AvgIpc) is 2.54. The molecule has 1 aromatic carbocycles. The van der Waals surface area contributed by atoms with Crippen molar-refractivity contribution in [2.24, 2.45) is 10.8 Å². The van der Waals surface area contributed by atoms with Crippen LogP contribution in [0.1, 0.15) is 84.6 Å². The monoisotopic (exact) mass is 284 g/mol. The molecule has 0 amide bonds. The van der Waals surface area contributed by atoms with Crippen molar-refractivity contribution in [1.82, 2.24) is 0 Å². The molecule has 0 nitrogen and oxygen atoms in total. The first-order valence-electron chi connectivity index (χ1n) is 8.41. The maximum absolute atomic E-state index is 2.54. The van der Waals surface area contributed by atoms with Crippen molar-refractivity contribution < 1.29 is 0 Å². The third-order valence-corrected chi connectivity index (χ3v) is 8.84. The zero-order valence-corrected chi connectivity index (χ0v) is 15.7. The standard InChI is InChI=1S/C21H32/c1-13-11-12-14-16-15(13)18(4,5)20(8,9)21(16,10)19(6,7)17(14,2)3/h11-12H,1-10H3. The lowest BCUT2D eigenvalue weighted by Crippen LogP contribution is -2.55. The molecule has 1 aromatic rings. The smallest absolute Gasteiger partial charge is 0.00495 e. The average molecular weight is 284 g/mol. The molecule has 0 heterocycles. The summed E-state index contributed by atoms with van der Waals surface area (Å²) in [6.45, 7) is 24.7. The molecule has 0 fully saturated rings. The highest BCUT2D eigenvalue weighted by Gasteiger charge is 2.72. The second-order valence-electron chi connectivity index (χ2n) is 9.81. The first-order chi connectivity index (χ1) is 9.26. The largest absolute Gasteiger partial charge is 0.0587 e. The van der Waals surface area contributed by atoms with Crippen molar-refractivity contribution in [3.05, 3.63) is 34.4 Å². The van der Waals surface area contributed by atoms with Gasteiger partial charge in [-0.1, -0.05) is 74.4 Å². The second-order valence-corrected chi connectivity index (χ2v) is 9.81. The number of rotatable bonds is 0. The lowest BCUT2D eigenvalue weighted by atomic mass is 9.47. The van der Waals surface area contributed by atoms with Gasteiger partial charge in [-0.15, -0.1) is 0 Å². The van der Waals surface area contributed by atoms with Crippen molar-refractivity contribution in [3.63, 3.8) is 0 Å². The van der Waals surface area contributed by atoms with Gasteiger partial charge >= 0.3 is 0 Å². The number of hydrogen-bond donors (Lipinski definition) is 0. The Kier molecular flexibility index (Phi) is 2.46. The SMILES string of the molecule is Cc1ccc2c3c1C(C)(C)C(C)(C)C3(C)C(C)(C)C2(C)C. The van der Waals surface area contributed by atoms with Crippen molar-refractivity contribution >= 4 is 0 Å². The Hall–Kier alpha value is -0.780. The summed E-state index contributed by atoms with van der Waals surface area (Å²) in [6.07, 6.45) is 0. The van der Waals surface area contributed by atoms with E-state index in [2.05, 4.69) is 81.4 Å². The summed E-state index contributed by atoms with van der Waals surface area (Å²) in [5.41, 5.74) is 7.49. The van der Waals surface area contributed by atoms with Gasteiger partial charge in [-0.2, -0.15) is 0 Å². The molecule has 0 saturated heterocycles. The molecule has 0 saturated carbocycles. The number of benzene rings is 1. The molecule has 2 aliphatic carbocycles. The quantitative estimate of drug-likeness (QED) is 0.557. The molecule has 0 aliphatic heterocycles. The molecule has 0 aromatic heterocycles. The summed E-state index contributed by atoms with van der Waals surface area (Å²) in [4.78, 5) is 0. The van der Waals surface area contributed by atoms with Crippen LogP contribution in [0.4, 0.5) is 0 Å². The number of aryl methyl sites for hydroxylation is 1. The van der Waals surface area contributed by atoms with E-state index in [4.69, 9.17) is 0 Å². The van der Waals surface area contributed by atoms with Gasteiger partial charge in [-0.3, -0.25) is 0 Å². The molecule has 0 heteroatoms. The van der Waals surface area contributed by atoms with Gasteiger partial charge in [0, 0.05) is 5.41 Å². The minimum Gasteiger partial charge on any atom is -0.0587 e. The molecule has 3 rings (SSSR count). The first kappa shape index (κ1) is 15.1. The summed E-state index contributed by atoms with van der Waals surface area (Å²) in [7, 11) is 0. The molecule has 1 atom stereocenters. The Morgan fingerprint density at radius 3 is 1.62 bits per heavy atom. The van der Waals surface area contributed by atoms with E-state index in [1.807, 2.05) is 0 Å². The fraction of sp³-hybridized carbons (Fsp3) is 0.714. The molecule has 116 valence electrons. The van der Waals surface area contributed by atoms with E-state index in [0.29, 0.717) is 0 Å². The summed E-state index contributed by atoms with van der Waals surface area (Å²) < 4.78 is 0. The predicted molar refractivity (Wildman–Crippen MR) is 92.1 cm³/mol. The van der Waals surface area contributed by atoms with Crippen LogP contribution in [0, 0.1) is 17.8 Å². The lowest BCUT2D eigenvalue weighted by Gasteiger charge is -2.56. The molecule has 0 radical (unpaired) electrons. The zero-order valence-electron chi connectivity index (χ0n) is 15.7. The minimum absolute atomic E-state index is 0.212. The molecule has 0 N–H and O–H groups in total. The Labute approximate surface area is 131 Å². The van der Waals surface area contributed by atoms with Gasteiger partial charge in [-0.25, -0.2) is 0 Å². The highest BCUT2D eigenvalue weighted by Crippen LogP contribution is 2.76. The maximum Gasteiger partial charge on any atom is 0.00495 e. The van der Waals surface area contributed by atoms with Gasteiger partial charge in [0.15, 0.2) is 0 Å². The van der Waals surface area contributed by atoms with Crippen LogP contribution in [0.3, 0.4) is 0 Å². The van der Waals surface area contributed by atoms with E-state index in [9.17, 15) is 0 Å².